The summed E-state index contributed by atoms with van der Waals surface area (Å²) >= 11 is 2.63. The van der Waals surface area contributed by atoms with Crippen LogP contribution in [0.1, 0.15) is 6.42 Å². The van der Waals surface area contributed by atoms with Crippen molar-refractivity contribution in [3.05, 3.63) is 30.1 Å². The van der Waals surface area contributed by atoms with Crippen LogP contribution in [0.3, 0.4) is 0 Å². The minimum Gasteiger partial charge on any atom is -0.385 e. The molecule has 0 saturated heterocycles. The molecule has 2 rings (SSSR count). The molecule has 9 heteroatoms. The standard InChI is InChI=1S/C14H17FN4O2S2/c1-21-7-3-6-16-12(20)9-22-14-19-18-13(23-14)17-11-5-2-4-10(15)8-11/h2,4-5,8H,3,6-7,9H2,1H3,(H,16,20)(H,17,18). The van der Waals surface area contributed by atoms with Crippen LogP contribution < -0.4 is 10.6 Å². The summed E-state index contributed by atoms with van der Waals surface area (Å²) in [5, 5.41) is 14.3. The molecular formula is C14H17FN4O2S2. The summed E-state index contributed by atoms with van der Waals surface area (Å²) in [6.45, 7) is 1.22. The monoisotopic (exact) mass is 356 g/mol. The van der Waals surface area contributed by atoms with Gasteiger partial charge in [0.1, 0.15) is 5.82 Å². The maximum absolute atomic E-state index is 13.1. The normalized spacial score (nSPS) is 10.5. The summed E-state index contributed by atoms with van der Waals surface area (Å²) < 4.78 is 18.7. The Bertz CT molecular complexity index is 639. The lowest BCUT2D eigenvalue weighted by Gasteiger charge is -2.03. The van der Waals surface area contributed by atoms with Crippen LogP contribution in [0.4, 0.5) is 15.2 Å². The Labute approximate surface area is 141 Å². The fraction of sp³-hybridized carbons (Fsp3) is 0.357. The van der Waals surface area contributed by atoms with Gasteiger partial charge in [-0.3, -0.25) is 4.79 Å². The van der Waals surface area contributed by atoms with E-state index in [1.54, 1.807) is 19.2 Å². The maximum atomic E-state index is 13.1. The Morgan fingerprint density at radius 2 is 2.30 bits per heavy atom. The van der Waals surface area contributed by atoms with Crippen molar-refractivity contribution in [3.63, 3.8) is 0 Å². The Kier molecular flexibility index (Phi) is 7.24. The first-order chi connectivity index (χ1) is 11.2. The lowest BCUT2D eigenvalue weighted by molar-refractivity contribution is -0.118. The molecule has 6 nitrogen and oxygen atoms in total. The predicted molar refractivity (Wildman–Crippen MR) is 89.8 cm³/mol. The number of aromatic nitrogens is 2. The van der Waals surface area contributed by atoms with Gasteiger partial charge in [0.25, 0.3) is 0 Å². The van der Waals surface area contributed by atoms with E-state index in [1.807, 2.05) is 0 Å². The van der Waals surface area contributed by atoms with Crippen LogP contribution in [0.2, 0.25) is 0 Å². The van der Waals surface area contributed by atoms with E-state index in [2.05, 4.69) is 20.8 Å². The molecule has 0 aliphatic rings. The average molecular weight is 356 g/mol. The molecule has 0 unspecified atom stereocenters. The first-order valence-corrected chi connectivity index (χ1v) is 8.72. The van der Waals surface area contributed by atoms with Crippen LogP contribution in [0.5, 0.6) is 0 Å². The SMILES string of the molecule is COCCCNC(=O)CSc1nnc(Nc2cccc(F)c2)s1. The summed E-state index contributed by atoms with van der Waals surface area (Å²) in [6, 6.07) is 6.10. The molecule has 0 saturated carbocycles. The van der Waals surface area contributed by atoms with Gasteiger partial charge in [0.05, 0.1) is 5.75 Å². The van der Waals surface area contributed by atoms with Gasteiger partial charge in [-0.2, -0.15) is 0 Å². The molecule has 0 bridgehead atoms. The number of nitrogens with zero attached hydrogens (tertiary/aromatic N) is 2. The van der Waals surface area contributed by atoms with Crippen molar-refractivity contribution in [2.24, 2.45) is 0 Å². The van der Waals surface area contributed by atoms with Crippen molar-refractivity contribution in [1.29, 1.82) is 0 Å². The summed E-state index contributed by atoms with van der Waals surface area (Å²) in [6.07, 6.45) is 0.785. The van der Waals surface area contributed by atoms with Gasteiger partial charge in [0, 0.05) is 25.9 Å². The lowest BCUT2D eigenvalue weighted by atomic mass is 10.3. The lowest BCUT2D eigenvalue weighted by Crippen LogP contribution is -2.26. The summed E-state index contributed by atoms with van der Waals surface area (Å²) in [7, 11) is 1.63. The third kappa shape index (κ3) is 6.51. The molecule has 0 radical (unpaired) electrons. The highest BCUT2D eigenvalue weighted by Gasteiger charge is 2.08. The summed E-state index contributed by atoms with van der Waals surface area (Å²) in [4.78, 5) is 11.6. The van der Waals surface area contributed by atoms with Crippen molar-refractivity contribution in [2.45, 2.75) is 10.8 Å². The molecule has 0 fully saturated rings. The molecule has 0 atom stereocenters. The second kappa shape index (κ2) is 9.43. The van der Waals surface area contributed by atoms with Gasteiger partial charge in [0.15, 0.2) is 4.34 Å². The number of rotatable bonds is 9. The van der Waals surface area contributed by atoms with E-state index < -0.39 is 0 Å². The molecule has 2 aromatic rings. The molecule has 0 spiro atoms. The van der Waals surface area contributed by atoms with Crippen molar-refractivity contribution >= 4 is 39.8 Å². The largest absolute Gasteiger partial charge is 0.385 e. The topological polar surface area (TPSA) is 76.1 Å². The molecule has 2 N–H and O–H groups in total. The number of halogens is 1. The molecule has 23 heavy (non-hydrogen) atoms. The van der Waals surface area contributed by atoms with Crippen LogP contribution in [0.25, 0.3) is 0 Å². The fourth-order valence-electron chi connectivity index (χ4n) is 1.63. The molecule has 124 valence electrons. The minimum absolute atomic E-state index is 0.0547. The van der Waals surface area contributed by atoms with E-state index in [1.165, 1.54) is 35.2 Å². The number of nitrogens with one attached hydrogen (secondary N) is 2. The van der Waals surface area contributed by atoms with Crippen LogP contribution >= 0.6 is 23.1 Å². The highest BCUT2D eigenvalue weighted by atomic mass is 32.2. The zero-order valence-electron chi connectivity index (χ0n) is 12.5. The zero-order chi connectivity index (χ0) is 16.5. The van der Waals surface area contributed by atoms with E-state index in [-0.39, 0.29) is 17.5 Å². The van der Waals surface area contributed by atoms with Crippen molar-refractivity contribution < 1.29 is 13.9 Å². The van der Waals surface area contributed by atoms with Crippen LogP contribution in [0, 0.1) is 5.82 Å². The van der Waals surface area contributed by atoms with Gasteiger partial charge in [0.2, 0.25) is 11.0 Å². The first-order valence-electron chi connectivity index (χ1n) is 6.92. The third-order valence-corrected chi connectivity index (χ3v) is 4.63. The predicted octanol–water partition coefficient (Wildman–Crippen LogP) is 2.67. The van der Waals surface area contributed by atoms with Crippen LogP contribution in [-0.4, -0.2) is 42.1 Å². The number of carbonyl (C=O) groups excluding carboxylic acids is 1. The Morgan fingerprint density at radius 1 is 1.43 bits per heavy atom. The van der Waals surface area contributed by atoms with Crippen LogP contribution in [-0.2, 0) is 9.53 Å². The number of anilines is 2. The van der Waals surface area contributed by atoms with E-state index in [9.17, 15) is 9.18 Å². The second-order valence-electron chi connectivity index (χ2n) is 4.49. The Hall–Kier alpha value is -1.71. The van der Waals surface area contributed by atoms with Gasteiger partial charge in [-0.15, -0.1) is 10.2 Å². The van der Waals surface area contributed by atoms with Crippen molar-refractivity contribution in [1.82, 2.24) is 15.5 Å². The molecule has 0 aliphatic heterocycles. The van der Waals surface area contributed by atoms with Gasteiger partial charge in [-0.1, -0.05) is 29.2 Å². The number of hydrogen-bond acceptors (Lipinski definition) is 7. The smallest absolute Gasteiger partial charge is 0.230 e. The van der Waals surface area contributed by atoms with Gasteiger partial charge in [-0.05, 0) is 24.6 Å². The Balaban J connectivity index is 1.75. The quantitative estimate of drug-likeness (QED) is 0.531. The minimum atomic E-state index is -0.320. The van der Waals surface area contributed by atoms with E-state index in [4.69, 9.17) is 4.74 Å². The van der Waals surface area contributed by atoms with E-state index in [0.717, 1.165) is 6.42 Å². The number of carbonyl (C=O) groups is 1. The molecule has 1 amide bonds. The zero-order valence-corrected chi connectivity index (χ0v) is 14.2. The second-order valence-corrected chi connectivity index (χ2v) is 6.69. The van der Waals surface area contributed by atoms with E-state index in [0.29, 0.717) is 28.3 Å². The number of ether oxygens (including phenoxy) is 1. The number of thioether (sulfide) groups is 1. The summed E-state index contributed by atoms with van der Waals surface area (Å²) in [5.74, 6) is -0.0955. The van der Waals surface area contributed by atoms with Crippen molar-refractivity contribution in [3.8, 4) is 0 Å². The van der Waals surface area contributed by atoms with Crippen molar-refractivity contribution in [2.75, 3.05) is 31.3 Å². The summed E-state index contributed by atoms with van der Waals surface area (Å²) in [5.41, 5.74) is 0.605. The molecule has 1 aromatic carbocycles. The highest BCUT2D eigenvalue weighted by molar-refractivity contribution is 8.01. The number of amides is 1. The molecule has 1 heterocycles. The third-order valence-electron chi connectivity index (χ3n) is 2.66. The number of hydrogen-bond donors (Lipinski definition) is 2. The van der Waals surface area contributed by atoms with Gasteiger partial charge >= 0.3 is 0 Å². The fourth-order valence-corrected chi connectivity index (χ4v) is 3.23. The Morgan fingerprint density at radius 3 is 3.09 bits per heavy atom. The maximum Gasteiger partial charge on any atom is 0.230 e. The molecule has 1 aromatic heterocycles. The van der Waals surface area contributed by atoms with E-state index >= 15 is 0 Å². The highest BCUT2D eigenvalue weighted by Crippen LogP contribution is 2.27. The number of benzene rings is 1. The van der Waals surface area contributed by atoms with Gasteiger partial charge < -0.3 is 15.4 Å². The molecule has 0 aliphatic carbocycles. The average Bonchev–Trinajstić information content (AvgIpc) is 2.97. The van der Waals surface area contributed by atoms with Gasteiger partial charge in [-0.25, -0.2) is 4.39 Å². The number of methoxy groups -OCH3 is 1. The molecular weight excluding hydrogens is 339 g/mol. The first kappa shape index (κ1) is 17.6. The van der Waals surface area contributed by atoms with Crippen LogP contribution in [0.15, 0.2) is 28.6 Å².